The first-order chi connectivity index (χ1) is 8.20. The second kappa shape index (κ2) is 4.97. The molecule has 0 amide bonds. The highest BCUT2D eigenvalue weighted by atomic mass is 19.1. The summed E-state index contributed by atoms with van der Waals surface area (Å²) in [6.45, 7) is 0. The first kappa shape index (κ1) is 11.6. The molecular formula is C14H14FNO. The molecule has 0 fully saturated rings. The lowest BCUT2D eigenvalue weighted by molar-refractivity contribution is 0.414. The molecule has 0 saturated carbocycles. The van der Waals surface area contributed by atoms with Crippen LogP contribution >= 0.6 is 0 Å². The van der Waals surface area contributed by atoms with Crippen molar-refractivity contribution in [2.75, 3.05) is 7.11 Å². The molecule has 2 rings (SSSR count). The van der Waals surface area contributed by atoms with E-state index in [4.69, 9.17) is 10.5 Å². The van der Waals surface area contributed by atoms with Crippen molar-refractivity contribution in [1.29, 1.82) is 0 Å². The maximum Gasteiger partial charge on any atom is 0.123 e. The fourth-order valence-electron chi connectivity index (χ4n) is 1.73. The summed E-state index contributed by atoms with van der Waals surface area (Å²) in [7, 11) is 1.60. The molecule has 0 aromatic heterocycles. The zero-order chi connectivity index (χ0) is 12.3. The normalized spacial score (nSPS) is 12.2. The molecule has 0 saturated heterocycles. The van der Waals surface area contributed by atoms with Crippen molar-refractivity contribution >= 4 is 0 Å². The van der Waals surface area contributed by atoms with Gasteiger partial charge in [-0.25, -0.2) is 4.39 Å². The topological polar surface area (TPSA) is 35.2 Å². The molecule has 2 N–H and O–H groups in total. The van der Waals surface area contributed by atoms with Gasteiger partial charge in [-0.3, -0.25) is 0 Å². The van der Waals surface area contributed by atoms with Crippen molar-refractivity contribution in [3.63, 3.8) is 0 Å². The van der Waals surface area contributed by atoms with E-state index in [1.165, 1.54) is 12.1 Å². The van der Waals surface area contributed by atoms with E-state index in [1.807, 2.05) is 30.3 Å². The number of ether oxygens (including phenoxy) is 1. The minimum atomic E-state index is -0.346. The van der Waals surface area contributed by atoms with Crippen molar-refractivity contribution in [2.45, 2.75) is 6.04 Å². The minimum absolute atomic E-state index is 0.277. The number of benzene rings is 2. The first-order valence-corrected chi connectivity index (χ1v) is 5.35. The van der Waals surface area contributed by atoms with Gasteiger partial charge in [0, 0.05) is 0 Å². The van der Waals surface area contributed by atoms with Crippen LogP contribution < -0.4 is 10.5 Å². The predicted octanol–water partition coefficient (Wildman–Crippen LogP) is 2.88. The van der Waals surface area contributed by atoms with Gasteiger partial charge in [-0.2, -0.15) is 0 Å². The minimum Gasteiger partial charge on any atom is -0.497 e. The molecular weight excluding hydrogens is 217 g/mol. The van der Waals surface area contributed by atoms with Crippen LogP contribution in [0.1, 0.15) is 17.2 Å². The van der Waals surface area contributed by atoms with Gasteiger partial charge in [0.2, 0.25) is 0 Å². The Morgan fingerprint density at radius 3 is 2.35 bits per heavy atom. The summed E-state index contributed by atoms with van der Waals surface area (Å²) in [6.07, 6.45) is 0. The Morgan fingerprint density at radius 1 is 1.06 bits per heavy atom. The van der Waals surface area contributed by atoms with Gasteiger partial charge in [-0.15, -0.1) is 0 Å². The number of hydrogen-bond acceptors (Lipinski definition) is 2. The second-order valence-electron chi connectivity index (χ2n) is 3.81. The highest BCUT2D eigenvalue weighted by Gasteiger charge is 2.10. The molecule has 2 aromatic carbocycles. The third-order valence-corrected chi connectivity index (χ3v) is 2.66. The molecule has 1 unspecified atom stereocenters. The Morgan fingerprint density at radius 2 is 1.71 bits per heavy atom. The summed E-state index contributed by atoms with van der Waals surface area (Å²) < 4.78 is 18.2. The first-order valence-electron chi connectivity index (χ1n) is 5.35. The quantitative estimate of drug-likeness (QED) is 0.881. The summed E-state index contributed by atoms with van der Waals surface area (Å²) in [5.41, 5.74) is 7.73. The molecule has 0 aliphatic rings. The molecule has 2 nitrogen and oxygen atoms in total. The summed E-state index contributed by atoms with van der Waals surface area (Å²) >= 11 is 0. The SMILES string of the molecule is COc1cccc(C(N)c2cccc(F)c2)c1. The van der Waals surface area contributed by atoms with Gasteiger partial charge in [0.15, 0.2) is 0 Å². The Hall–Kier alpha value is -1.87. The maximum absolute atomic E-state index is 13.1. The third kappa shape index (κ3) is 2.63. The van der Waals surface area contributed by atoms with Gasteiger partial charge < -0.3 is 10.5 Å². The largest absolute Gasteiger partial charge is 0.497 e. The van der Waals surface area contributed by atoms with Gasteiger partial charge in [-0.1, -0.05) is 24.3 Å². The molecule has 1 atom stereocenters. The van der Waals surface area contributed by atoms with Crippen LogP contribution in [-0.2, 0) is 0 Å². The average molecular weight is 231 g/mol. The monoisotopic (exact) mass is 231 g/mol. The van der Waals surface area contributed by atoms with E-state index in [2.05, 4.69) is 0 Å². The van der Waals surface area contributed by atoms with E-state index in [-0.39, 0.29) is 11.9 Å². The van der Waals surface area contributed by atoms with Crippen LogP contribution in [0.2, 0.25) is 0 Å². The Labute approximate surface area is 99.8 Å². The van der Waals surface area contributed by atoms with E-state index >= 15 is 0 Å². The smallest absolute Gasteiger partial charge is 0.123 e. The molecule has 0 heterocycles. The summed E-state index contributed by atoms with van der Waals surface area (Å²) in [6, 6.07) is 13.5. The molecule has 0 spiro atoms. The van der Waals surface area contributed by atoms with Gasteiger partial charge >= 0.3 is 0 Å². The number of methoxy groups -OCH3 is 1. The predicted molar refractivity (Wildman–Crippen MR) is 65.4 cm³/mol. The van der Waals surface area contributed by atoms with Crippen molar-refractivity contribution in [3.8, 4) is 5.75 Å². The van der Waals surface area contributed by atoms with E-state index < -0.39 is 0 Å². The summed E-state index contributed by atoms with van der Waals surface area (Å²) in [5.74, 6) is 0.468. The standard InChI is InChI=1S/C14H14FNO/c1-17-13-7-3-5-11(9-13)14(16)10-4-2-6-12(15)8-10/h2-9,14H,16H2,1H3. The molecule has 0 aliphatic carbocycles. The number of nitrogens with two attached hydrogens (primary N) is 1. The maximum atomic E-state index is 13.1. The fourth-order valence-corrected chi connectivity index (χ4v) is 1.73. The lowest BCUT2D eigenvalue weighted by atomic mass is 9.99. The summed E-state index contributed by atoms with van der Waals surface area (Å²) in [4.78, 5) is 0. The van der Waals surface area contributed by atoms with Gasteiger partial charge in [0.25, 0.3) is 0 Å². The molecule has 0 aliphatic heterocycles. The van der Waals surface area contributed by atoms with Gasteiger partial charge in [0.05, 0.1) is 13.2 Å². The van der Waals surface area contributed by atoms with E-state index in [0.717, 1.165) is 16.9 Å². The molecule has 2 aromatic rings. The van der Waals surface area contributed by atoms with Gasteiger partial charge in [0.1, 0.15) is 11.6 Å². The molecule has 0 radical (unpaired) electrons. The summed E-state index contributed by atoms with van der Waals surface area (Å²) in [5, 5.41) is 0. The highest BCUT2D eigenvalue weighted by Crippen LogP contribution is 2.23. The molecule has 0 bridgehead atoms. The van der Waals surface area contributed by atoms with Crippen LogP contribution in [0.25, 0.3) is 0 Å². The number of hydrogen-bond donors (Lipinski definition) is 1. The van der Waals surface area contributed by atoms with Crippen LogP contribution in [0.15, 0.2) is 48.5 Å². The molecule has 17 heavy (non-hydrogen) atoms. The van der Waals surface area contributed by atoms with Crippen LogP contribution in [0.5, 0.6) is 5.75 Å². The van der Waals surface area contributed by atoms with E-state index in [0.29, 0.717) is 0 Å². The highest BCUT2D eigenvalue weighted by molar-refractivity contribution is 5.36. The Balaban J connectivity index is 2.33. The van der Waals surface area contributed by atoms with Gasteiger partial charge in [-0.05, 0) is 35.4 Å². The van der Waals surface area contributed by atoms with E-state index in [1.54, 1.807) is 13.2 Å². The fraction of sp³-hybridized carbons (Fsp3) is 0.143. The second-order valence-corrected chi connectivity index (χ2v) is 3.81. The zero-order valence-electron chi connectivity index (χ0n) is 9.56. The van der Waals surface area contributed by atoms with E-state index in [9.17, 15) is 4.39 Å². The molecule has 3 heteroatoms. The Bertz CT molecular complexity index is 513. The Kier molecular flexibility index (Phi) is 3.40. The number of rotatable bonds is 3. The van der Waals surface area contributed by atoms with Crippen molar-refractivity contribution in [2.24, 2.45) is 5.73 Å². The van der Waals surface area contributed by atoms with Crippen LogP contribution in [-0.4, -0.2) is 7.11 Å². The van der Waals surface area contributed by atoms with Crippen molar-refractivity contribution < 1.29 is 9.13 Å². The lowest BCUT2D eigenvalue weighted by Gasteiger charge is -2.13. The zero-order valence-corrected chi connectivity index (χ0v) is 9.56. The van der Waals surface area contributed by atoms with Crippen LogP contribution in [0.3, 0.4) is 0 Å². The lowest BCUT2D eigenvalue weighted by Crippen LogP contribution is -2.12. The molecule has 88 valence electrons. The third-order valence-electron chi connectivity index (χ3n) is 2.66. The van der Waals surface area contributed by atoms with Crippen molar-refractivity contribution in [3.05, 3.63) is 65.5 Å². The van der Waals surface area contributed by atoms with Crippen LogP contribution in [0, 0.1) is 5.82 Å². The number of halogens is 1. The van der Waals surface area contributed by atoms with Crippen LogP contribution in [0.4, 0.5) is 4.39 Å². The van der Waals surface area contributed by atoms with Crippen molar-refractivity contribution in [1.82, 2.24) is 0 Å². The average Bonchev–Trinajstić information content (AvgIpc) is 2.38.